The van der Waals surface area contributed by atoms with Gasteiger partial charge in [0.25, 0.3) is 0 Å². The van der Waals surface area contributed by atoms with Gasteiger partial charge in [0.15, 0.2) is 8.32 Å². The van der Waals surface area contributed by atoms with Crippen molar-refractivity contribution in [1.82, 2.24) is 0 Å². The summed E-state index contributed by atoms with van der Waals surface area (Å²) in [7, 11) is -1.53. The summed E-state index contributed by atoms with van der Waals surface area (Å²) < 4.78 is 6.69. The van der Waals surface area contributed by atoms with Gasteiger partial charge in [-0.25, -0.2) is 0 Å². The summed E-state index contributed by atoms with van der Waals surface area (Å²) in [5.74, 6) is 1.67. The third-order valence-electron chi connectivity index (χ3n) is 6.40. The van der Waals surface area contributed by atoms with E-state index in [1.807, 2.05) is 0 Å². The molecule has 3 aliphatic carbocycles. The molecule has 1 fully saturated rings. The maximum Gasteiger partial charge on any atom is 0.184 e. The van der Waals surface area contributed by atoms with Crippen LogP contribution in [-0.2, 0) is 10.8 Å². The van der Waals surface area contributed by atoms with Crippen molar-refractivity contribution < 1.29 is 4.43 Å². The van der Waals surface area contributed by atoms with E-state index in [-0.39, 0.29) is 0 Å². The van der Waals surface area contributed by atoms with Crippen molar-refractivity contribution in [3.63, 3.8) is 0 Å². The number of hydrogen-bond donors (Lipinski definition) is 0. The topological polar surface area (TPSA) is 9.23 Å². The second-order valence-electron chi connectivity index (χ2n) is 9.70. The van der Waals surface area contributed by atoms with E-state index in [2.05, 4.69) is 69.9 Å². The molecule has 0 spiro atoms. The molecule has 0 aromatic heterocycles. The molecule has 0 amide bonds. The maximum atomic E-state index is 6.69. The van der Waals surface area contributed by atoms with E-state index in [1.54, 1.807) is 5.57 Å². The minimum Gasteiger partial charge on any atom is -0.411 e. The van der Waals surface area contributed by atoms with Gasteiger partial charge in [-0.2, -0.15) is 0 Å². The molecule has 2 bridgehead atoms. The van der Waals surface area contributed by atoms with Crippen molar-refractivity contribution in [1.29, 1.82) is 0 Å². The van der Waals surface area contributed by atoms with Crippen molar-refractivity contribution in [3.8, 4) is 0 Å². The van der Waals surface area contributed by atoms with Gasteiger partial charge in [-0.05, 0) is 80.1 Å². The third kappa shape index (κ3) is 4.46. The van der Waals surface area contributed by atoms with Crippen molar-refractivity contribution >= 4 is 8.32 Å². The van der Waals surface area contributed by atoms with Gasteiger partial charge in [0.05, 0.1) is 6.10 Å². The average Bonchev–Trinajstić information content (AvgIpc) is 2.57. The van der Waals surface area contributed by atoms with Crippen LogP contribution in [0.4, 0.5) is 0 Å². The summed E-state index contributed by atoms with van der Waals surface area (Å²) in [4.78, 5) is 0. The molecule has 1 nitrogen and oxygen atoms in total. The molecule has 4 rings (SSSR count). The molecule has 1 unspecified atom stereocenters. The number of hydrogen-bond acceptors (Lipinski definition) is 1. The molecule has 1 aromatic rings. The van der Waals surface area contributed by atoms with Crippen LogP contribution in [0.15, 0.2) is 42.0 Å². The fourth-order valence-electron chi connectivity index (χ4n) is 4.78. The van der Waals surface area contributed by atoms with Crippen LogP contribution in [0.25, 0.3) is 0 Å². The molecule has 1 saturated carbocycles. The van der Waals surface area contributed by atoms with E-state index >= 15 is 0 Å². The van der Waals surface area contributed by atoms with Crippen LogP contribution < -0.4 is 0 Å². The molecule has 2 heteroatoms. The van der Waals surface area contributed by atoms with Gasteiger partial charge in [-0.15, -0.1) is 0 Å². The lowest BCUT2D eigenvalue weighted by Crippen LogP contribution is -2.51. The van der Waals surface area contributed by atoms with E-state index in [1.165, 1.54) is 44.1 Å². The monoisotopic (exact) mass is 356 g/mol. The fraction of sp³-hybridized carbons (Fsp3) is 0.652. The Hall–Kier alpha value is -0.863. The first-order chi connectivity index (χ1) is 11.8. The van der Waals surface area contributed by atoms with E-state index < -0.39 is 8.32 Å². The molecule has 25 heavy (non-hydrogen) atoms. The molecule has 0 radical (unpaired) electrons. The van der Waals surface area contributed by atoms with Crippen LogP contribution in [-0.4, -0.2) is 14.4 Å². The third-order valence-corrected chi connectivity index (χ3v) is 7.39. The average molecular weight is 357 g/mol. The van der Waals surface area contributed by atoms with Gasteiger partial charge >= 0.3 is 0 Å². The zero-order valence-electron chi connectivity index (χ0n) is 16.8. The van der Waals surface area contributed by atoms with E-state index in [4.69, 9.17) is 4.43 Å². The van der Waals surface area contributed by atoms with Gasteiger partial charge in [0, 0.05) is 0 Å². The van der Waals surface area contributed by atoms with Crippen molar-refractivity contribution in [2.24, 2.45) is 17.3 Å². The lowest BCUT2D eigenvalue weighted by Gasteiger charge is -2.58. The lowest BCUT2D eigenvalue weighted by molar-refractivity contribution is -0.0206. The van der Waals surface area contributed by atoms with Crippen molar-refractivity contribution in [2.45, 2.75) is 78.1 Å². The molecule has 0 saturated heterocycles. The van der Waals surface area contributed by atoms with Crippen LogP contribution in [0.5, 0.6) is 0 Å². The standard InChI is InChI=1S/C23H36OSi/c1-23(2)19-15-16-20(21(23)17-19)22(24-25(3,4)5)14-10-9-13-18-11-7-6-8-12-18/h6-8,11-12,16,19,21-22H,9-10,13-15,17H2,1-5H3/t19?,21-,22-/m1/s1. The minimum absolute atomic E-state index is 0.368. The van der Waals surface area contributed by atoms with Gasteiger partial charge in [-0.3, -0.25) is 0 Å². The van der Waals surface area contributed by atoms with Crippen molar-refractivity contribution in [3.05, 3.63) is 47.5 Å². The highest BCUT2D eigenvalue weighted by Gasteiger charge is 2.52. The van der Waals surface area contributed by atoms with Crippen LogP contribution in [0.3, 0.4) is 0 Å². The van der Waals surface area contributed by atoms with Gasteiger partial charge in [0.2, 0.25) is 0 Å². The molecular formula is C23H36OSi. The number of rotatable bonds is 8. The lowest BCUT2D eigenvalue weighted by atomic mass is 9.48. The number of aryl methyl sites for hydroxylation is 1. The largest absolute Gasteiger partial charge is 0.411 e. The Labute approximate surface area is 156 Å². The van der Waals surface area contributed by atoms with Gasteiger partial charge in [-0.1, -0.05) is 56.7 Å². The van der Waals surface area contributed by atoms with Crippen LogP contribution in [0.1, 0.15) is 51.5 Å². The molecule has 1 aromatic carbocycles. The summed E-state index contributed by atoms with van der Waals surface area (Å²) in [5.41, 5.74) is 3.61. The Morgan fingerprint density at radius 3 is 2.44 bits per heavy atom. The van der Waals surface area contributed by atoms with Crippen LogP contribution in [0, 0.1) is 17.3 Å². The molecule has 3 atom stereocenters. The predicted octanol–water partition coefficient (Wildman–Crippen LogP) is 6.61. The minimum atomic E-state index is -1.53. The van der Waals surface area contributed by atoms with Crippen LogP contribution in [0.2, 0.25) is 19.6 Å². The second-order valence-corrected chi connectivity index (χ2v) is 14.2. The predicted molar refractivity (Wildman–Crippen MR) is 110 cm³/mol. The van der Waals surface area contributed by atoms with Gasteiger partial charge in [0.1, 0.15) is 0 Å². The summed E-state index contributed by atoms with van der Waals surface area (Å²) in [6.45, 7) is 12.0. The summed E-state index contributed by atoms with van der Waals surface area (Å²) in [6.07, 6.45) is 10.5. The van der Waals surface area contributed by atoms with Crippen LogP contribution >= 0.6 is 0 Å². The summed E-state index contributed by atoms with van der Waals surface area (Å²) in [6, 6.07) is 10.9. The highest BCUT2D eigenvalue weighted by molar-refractivity contribution is 6.69. The van der Waals surface area contributed by atoms with E-state index in [0.717, 1.165) is 11.8 Å². The normalized spacial score (nSPS) is 25.9. The SMILES string of the molecule is CC1(C)C2CC=C([C@@H](CCCCc3ccccc3)O[Si](C)(C)C)[C@H]1C2. The molecule has 0 N–H and O–H groups in total. The van der Waals surface area contributed by atoms with Gasteiger partial charge < -0.3 is 4.43 Å². The first-order valence-electron chi connectivity index (χ1n) is 10.2. The number of fused-ring (bicyclic) bond motifs is 1. The second kappa shape index (κ2) is 7.40. The number of allylic oxidation sites excluding steroid dienone is 1. The maximum absolute atomic E-state index is 6.69. The fourth-order valence-corrected chi connectivity index (χ4v) is 5.89. The van der Waals surface area contributed by atoms with Crippen molar-refractivity contribution in [2.75, 3.05) is 0 Å². The Kier molecular flexibility index (Phi) is 5.60. The molecule has 138 valence electrons. The molecule has 0 aliphatic heterocycles. The Morgan fingerprint density at radius 2 is 1.84 bits per heavy atom. The summed E-state index contributed by atoms with van der Waals surface area (Å²) >= 11 is 0. The molecule has 0 heterocycles. The van der Waals surface area contributed by atoms with E-state index in [0.29, 0.717) is 11.5 Å². The Balaban J connectivity index is 1.59. The zero-order valence-corrected chi connectivity index (χ0v) is 17.8. The molecule has 3 aliphatic rings. The zero-order chi connectivity index (χ0) is 18.1. The Bertz CT molecular complexity index is 596. The van der Waals surface area contributed by atoms with E-state index in [9.17, 15) is 0 Å². The Morgan fingerprint density at radius 1 is 1.12 bits per heavy atom. The molecular weight excluding hydrogens is 320 g/mol. The smallest absolute Gasteiger partial charge is 0.184 e. The first kappa shape index (κ1) is 18.9. The highest BCUT2D eigenvalue weighted by Crippen LogP contribution is 2.60. The highest BCUT2D eigenvalue weighted by atomic mass is 28.4. The summed E-state index contributed by atoms with van der Waals surface area (Å²) in [5, 5.41) is 0. The number of unbranched alkanes of at least 4 members (excludes halogenated alkanes) is 1. The first-order valence-corrected chi connectivity index (χ1v) is 13.6. The quantitative estimate of drug-likeness (QED) is 0.289. The number of benzene rings is 1.